The molecule has 0 aliphatic carbocycles. The summed E-state index contributed by atoms with van der Waals surface area (Å²) in [7, 11) is 0. The van der Waals surface area contributed by atoms with Crippen LogP contribution in [0.3, 0.4) is 0 Å². The molecule has 1 N–H and O–H groups in total. The first-order valence-electron chi connectivity index (χ1n) is 5.36. The standard InChI is InChI=1S/C13H9F3N2O/c1-7-4-5-17-10(6-7)13(19)18-9-3-2-8(14)11(15)12(9)16/h2-6H,1H3,(H,18,19). The molecule has 0 radical (unpaired) electrons. The van der Waals surface area contributed by atoms with Crippen LogP contribution in [0, 0.1) is 24.4 Å². The fourth-order valence-electron chi connectivity index (χ4n) is 1.47. The minimum atomic E-state index is -1.63. The van der Waals surface area contributed by atoms with E-state index in [0.717, 1.165) is 17.7 Å². The van der Waals surface area contributed by atoms with E-state index in [-0.39, 0.29) is 5.69 Å². The van der Waals surface area contributed by atoms with E-state index in [1.165, 1.54) is 12.3 Å². The number of benzene rings is 1. The minimum Gasteiger partial charge on any atom is -0.318 e. The first kappa shape index (κ1) is 13.1. The van der Waals surface area contributed by atoms with Crippen LogP contribution < -0.4 is 5.32 Å². The van der Waals surface area contributed by atoms with Crippen LogP contribution in [0.5, 0.6) is 0 Å². The fraction of sp³-hybridized carbons (Fsp3) is 0.0769. The molecule has 0 saturated heterocycles. The fourth-order valence-corrected chi connectivity index (χ4v) is 1.47. The third-order valence-corrected chi connectivity index (χ3v) is 2.43. The summed E-state index contributed by atoms with van der Waals surface area (Å²) in [5, 5.41) is 2.14. The molecule has 2 aromatic rings. The van der Waals surface area contributed by atoms with Crippen LogP contribution in [0.1, 0.15) is 16.1 Å². The monoisotopic (exact) mass is 266 g/mol. The van der Waals surface area contributed by atoms with Gasteiger partial charge in [0.15, 0.2) is 17.5 Å². The van der Waals surface area contributed by atoms with Gasteiger partial charge in [-0.25, -0.2) is 13.2 Å². The zero-order valence-electron chi connectivity index (χ0n) is 9.88. The number of carbonyl (C=O) groups is 1. The molecule has 2 rings (SSSR count). The molecule has 1 aromatic carbocycles. The van der Waals surface area contributed by atoms with Gasteiger partial charge in [0.25, 0.3) is 5.91 Å². The second-order valence-electron chi connectivity index (χ2n) is 3.90. The molecule has 1 heterocycles. The van der Waals surface area contributed by atoms with Gasteiger partial charge in [-0.05, 0) is 36.8 Å². The lowest BCUT2D eigenvalue weighted by Crippen LogP contribution is -2.15. The Bertz CT molecular complexity index is 644. The molecule has 0 unspecified atom stereocenters. The molecule has 0 bridgehead atoms. The number of aryl methyl sites for hydroxylation is 1. The Balaban J connectivity index is 2.27. The van der Waals surface area contributed by atoms with Crippen molar-refractivity contribution in [1.82, 2.24) is 4.98 Å². The van der Waals surface area contributed by atoms with Gasteiger partial charge in [0.1, 0.15) is 5.69 Å². The molecule has 0 aliphatic rings. The maximum atomic E-state index is 13.4. The van der Waals surface area contributed by atoms with E-state index in [4.69, 9.17) is 0 Å². The van der Waals surface area contributed by atoms with Crippen molar-refractivity contribution in [3.63, 3.8) is 0 Å². The van der Waals surface area contributed by atoms with Crippen LogP contribution in [-0.4, -0.2) is 10.9 Å². The lowest BCUT2D eigenvalue weighted by atomic mass is 10.2. The van der Waals surface area contributed by atoms with Crippen molar-refractivity contribution in [3.05, 3.63) is 59.2 Å². The van der Waals surface area contributed by atoms with E-state index in [1.54, 1.807) is 13.0 Å². The number of amides is 1. The quantitative estimate of drug-likeness (QED) is 0.849. The van der Waals surface area contributed by atoms with Crippen molar-refractivity contribution < 1.29 is 18.0 Å². The Morgan fingerprint density at radius 3 is 2.58 bits per heavy atom. The van der Waals surface area contributed by atoms with Crippen molar-refractivity contribution in [3.8, 4) is 0 Å². The number of hydrogen-bond donors (Lipinski definition) is 1. The summed E-state index contributed by atoms with van der Waals surface area (Å²) >= 11 is 0. The van der Waals surface area contributed by atoms with Crippen molar-refractivity contribution in [2.45, 2.75) is 6.92 Å². The minimum absolute atomic E-state index is 0.0594. The molecule has 0 spiro atoms. The molecule has 19 heavy (non-hydrogen) atoms. The molecule has 1 amide bonds. The van der Waals surface area contributed by atoms with Crippen LogP contribution in [0.15, 0.2) is 30.5 Å². The molecule has 0 saturated carbocycles. The number of nitrogens with zero attached hydrogens (tertiary/aromatic N) is 1. The molecule has 98 valence electrons. The van der Waals surface area contributed by atoms with Crippen molar-refractivity contribution >= 4 is 11.6 Å². The first-order chi connectivity index (χ1) is 8.99. The molecule has 3 nitrogen and oxygen atoms in total. The summed E-state index contributed by atoms with van der Waals surface area (Å²) in [5.41, 5.74) is 0.419. The summed E-state index contributed by atoms with van der Waals surface area (Å²) in [6.07, 6.45) is 1.42. The largest absolute Gasteiger partial charge is 0.318 e. The zero-order valence-corrected chi connectivity index (χ0v) is 9.88. The maximum absolute atomic E-state index is 13.4. The summed E-state index contributed by atoms with van der Waals surface area (Å²) in [5.74, 6) is -5.09. The van der Waals surface area contributed by atoms with Crippen LogP contribution in [-0.2, 0) is 0 Å². The average Bonchev–Trinajstić information content (AvgIpc) is 2.39. The van der Waals surface area contributed by atoms with Gasteiger partial charge in [0.2, 0.25) is 0 Å². The number of anilines is 1. The van der Waals surface area contributed by atoms with E-state index in [1.807, 2.05) is 0 Å². The van der Waals surface area contributed by atoms with Crippen LogP contribution >= 0.6 is 0 Å². The van der Waals surface area contributed by atoms with Gasteiger partial charge in [0.05, 0.1) is 5.69 Å². The predicted octanol–water partition coefficient (Wildman–Crippen LogP) is 3.06. The highest BCUT2D eigenvalue weighted by Crippen LogP contribution is 2.20. The van der Waals surface area contributed by atoms with Crippen LogP contribution in [0.4, 0.5) is 18.9 Å². The number of pyridine rings is 1. The Labute approximate surface area is 107 Å². The maximum Gasteiger partial charge on any atom is 0.274 e. The highest BCUT2D eigenvalue weighted by atomic mass is 19.2. The predicted molar refractivity (Wildman–Crippen MR) is 63.2 cm³/mol. The summed E-state index contributed by atoms with van der Waals surface area (Å²) in [6.45, 7) is 1.76. The SMILES string of the molecule is Cc1ccnc(C(=O)Nc2ccc(F)c(F)c2F)c1. The van der Waals surface area contributed by atoms with Crippen molar-refractivity contribution in [2.24, 2.45) is 0 Å². The highest BCUT2D eigenvalue weighted by molar-refractivity contribution is 6.02. The average molecular weight is 266 g/mol. The Hall–Kier alpha value is -2.37. The topological polar surface area (TPSA) is 42.0 Å². The third-order valence-electron chi connectivity index (χ3n) is 2.43. The number of nitrogens with one attached hydrogen (secondary N) is 1. The number of halogens is 3. The normalized spacial score (nSPS) is 10.3. The van der Waals surface area contributed by atoms with Gasteiger partial charge < -0.3 is 5.32 Å². The molecule has 0 aliphatic heterocycles. The lowest BCUT2D eigenvalue weighted by molar-refractivity contribution is 0.102. The van der Waals surface area contributed by atoms with Gasteiger partial charge in [0, 0.05) is 6.20 Å². The van der Waals surface area contributed by atoms with Gasteiger partial charge >= 0.3 is 0 Å². The second-order valence-corrected chi connectivity index (χ2v) is 3.90. The second kappa shape index (κ2) is 5.09. The number of aromatic nitrogens is 1. The van der Waals surface area contributed by atoms with Gasteiger partial charge in [-0.1, -0.05) is 0 Å². The Morgan fingerprint density at radius 1 is 1.16 bits per heavy atom. The Kier molecular flexibility index (Phi) is 3.50. The molecule has 0 fully saturated rings. The number of rotatable bonds is 2. The van der Waals surface area contributed by atoms with Gasteiger partial charge in [-0.2, -0.15) is 0 Å². The smallest absolute Gasteiger partial charge is 0.274 e. The van der Waals surface area contributed by atoms with Crippen molar-refractivity contribution in [1.29, 1.82) is 0 Å². The van der Waals surface area contributed by atoms with E-state index < -0.39 is 29.0 Å². The van der Waals surface area contributed by atoms with Crippen LogP contribution in [0.25, 0.3) is 0 Å². The molecule has 0 atom stereocenters. The van der Waals surface area contributed by atoms with Gasteiger partial charge in [-0.3, -0.25) is 9.78 Å². The third kappa shape index (κ3) is 2.73. The van der Waals surface area contributed by atoms with E-state index in [9.17, 15) is 18.0 Å². The van der Waals surface area contributed by atoms with Crippen molar-refractivity contribution in [2.75, 3.05) is 5.32 Å². The zero-order chi connectivity index (χ0) is 14.0. The molecular weight excluding hydrogens is 257 g/mol. The molecule has 6 heteroatoms. The van der Waals surface area contributed by atoms with Gasteiger partial charge in [-0.15, -0.1) is 0 Å². The first-order valence-corrected chi connectivity index (χ1v) is 5.36. The molecular formula is C13H9F3N2O. The number of carbonyl (C=O) groups excluding carboxylic acids is 1. The van der Waals surface area contributed by atoms with Crippen LogP contribution in [0.2, 0.25) is 0 Å². The summed E-state index contributed by atoms with van der Waals surface area (Å²) < 4.78 is 39.1. The lowest BCUT2D eigenvalue weighted by Gasteiger charge is -2.07. The summed E-state index contributed by atoms with van der Waals surface area (Å²) in [4.78, 5) is 15.6. The van der Waals surface area contributed by atoms with E-state index >= 15 is 0 Å². The van der Waals surface area contributed by atoms with E-state index in [0.29, 0.717) is 0 Å². The highest BCUT2D eigenvalue weighted by Gasteiger charge is 2.16. The number of hydrogen-bond acceptors (Lipinski definition) is 2. The molecule has 1 aromatic heterocycles. The summed E-state index contributed by atoms with van der Waals surface area (Å²) in [6, 6.07) is 4.86. The van der Waals surface area contributed by atoms with E-state index in [2.05, 4.69) is 10.3 Å². The Morgan fingerprint density at radius 2 is 1.89 bits per heavy atom.